The maximum absolute atomic E-state index is 10.9. The maximum atomic E-state index is 10.9. The first-order chi connectivity index (χ1) is 13.7. The monoisotopic (exact) mass is 379 g/mol. The van der Waals surface area contributed by atoms with E-state index in [1.165, 1.54) is 0 Å². The summed E-state index contributed by atoms with van der Waals surface area (Å²) in [7, 11) is 3.33. The van der Waals surface area contributed by atoms with Crippen LogP contribution in [0, 0.1) is 0 Å². The van der Waals surface area contributed by atoms with Crippen molar-refractivity contribution in [2.45, 2.75) is 6.04 Å². The Morgan fingerprint density at radius 1 is 0.964 bits per heavy atom. The average Bonchev–Trinajstić information content (AvgIpc) is 2.76. The normalized spacial score (nSPS) is 16.1. The fraction of sp³-hybridized carbons (Fsp3) is 0.304. The molecule has 28 heavy (non-hydrogen) atoms. The molecule has 1 N–H and O–H groups in total. The minimum Gasteiger partial charge on any atom is -0.508 e. The lowest BCUT2D eigenvalue weighted by Crippen LogP contribution is -2.39. The van der Waals surface area contributed by atoms with Crippen molar-refractivity contribution in [3.63, 3.8) is 0 Å². The smallest absolute Gasteiger partial charge is 0.124 e. The molecule has 0 saturated carbocycles. The largest absolute Gasteiger partial charge is 0.508 e. The minimum atomic E-state index is -0.181. The summed E-state index contributed by atoms with van der Waals surface area (Å²) in [6.45, 7) is 2.87. The number of methoxy groups -OCH3 is 2. The van der Waals surface area contributed by atoms with E-state index < -0.39 is 0 Å². The topological polar surface area (TPSA) is 51.2 Å². The molecular weight excluding hydrogens is 354 g/mol. The third kappa shape index (κ3) is 3.39. The van der Waals surface area contributed by atoms with Crippen molar-refractivity contribution in [2.75, 3.05) is 40.5 Å². The van der Waals surface area contributed by atoms with Gasteiger partial charge >= 0.3 is 0 Å². The summed E-state index contributed by atoms with van der Waals surface area (Å²) in [6, 6.07) is 17.5. The zero-order valence-corrected chi connectivity index (χ0v) is 16.2. The summed E-state index contributed by atoms with van der Waals surface area (Å²) in [5.74, 6) is 1.80. The van der Waals surface area contributed by atoms with Gasteiger partial charge in [-0.25, -0.2) is 0 Å². The van der Waals surface area contributed by atoms with Crippen LogP contribution in [0.2, 0.25) is 0 Å². The van der Waals surface area contributed by atoms with Gasteiger partial charge in [-0.15, -0.1) is 0 Å². The molecule has 1 atom stereocenters. The molecule has 1 fully saturated rings. The third-order valence-electron chi connectivity index (χ3n) is 5.36. The molecule has 1 unspecified atom stereocenters. The van der Waals surface area contributed by atoms with E-state index in [2.05, 4.69) is 17.0 Å². The van der Waals surface area contributed by atoms with Gasteiger partial charge in [0.05, 0.1) is 33.5 Å². The first kappa shape index (κ1) is 18.6. The van der Waals surface area contributed by atoms with Gasteiger partial charge in [-0.1, -0.05) is 30.3 Å². The van der Waals surface area contributed by atoms with Gasteiger partial charge in [-0.2, -0.15) is 0 Å². The Balaban J connectivity index is 1.97. The second kappa shape index (κ2) is 8.09. The van der Waals surface area contributed by atoms with E-state index in [-0.39, 0.29) is 11.8 Å². The Morgan fingerprint density at radius 2 is 1.75 bits per heavy atom. The molecule has 0 aliphatic carbocycles. The van der Waals surface area contributed by atoms with Gasteiger partial charge < -0.3 is 19.3 Å². The first-order valence-corrected chi connectivity index (χ1v) is 9.47. The number of ether oxygens (including phenoxy) is 3. The first-order valence-electron chi connectivity index (χ1n) is 9.47. The van der Waals surface area contributed by atoms with Crippen molar-refractivity contribution in [1.82, 2.24) is 4.90 Å². The molecule has 1 aliphatic heterocycles. The van der Waals surface area contributed by atoms with Gasteiger partial charge in [-0.05, 0) is 35.0 Å². The van der Waals surface area contributed by atoms with E-state index in [1.807, 2.05) is 36.4 Å². The van der Waals surface area contributed by atoms with E-state index >= 15 is 0 Å². The van der Waals surface area contributed by atoms with Crippen LogP contribution in [0.4, 0.5) is 0 Å². The molecule has 146 valence electrons. The number of rotatable bonds is 5. The predicted octanol–water partition coefficient (Wildman–Crippen LogP) is 3.98. The lowest BCUT2D eigenvalue weighted by molar-refractivity contribution is 0.0234. The molecule has 3 aromatic rings. The van der Waals surface area contributed by atoms with Crippen LogP contribution in [0.1, 0.15) is 17.2 Å². The number of fused-ring (bicyclic) bond motifs is 1. The molecule has 0 radical (unpaired) electrons. The maximum Gasteiger partial charge on any atom is 0.124 e. The fourth-order valence-electron chi connectivity index (χ4n) is 4.00. The molecular formula is C23H25NO4. The van der Waals surface area contributed by atoms with Gasteiger partial charge in [0.25, 0.3) is 0 Å². The van der Waals surface area contributed by atoms with Crippen molar-refractivity contribution in [3.8, 4) is 17.2 Å². The van der Waals surface area contributed by atoms with E-state index in [9.17, 15) is 5.11 Å². The van der Waals surface area contributed by atoms with Crippen molar-refractivity contribution in [2.24, 2.45) is 0 Å². The highest BCUT2D eigenvalue weighted by molar-refractivity contribution is 5.88. The highest BCUT2D eigenvalue weighted by Crippen LogP contribution is 2.43. The SMILES string of the molecule is COc1ccc(OC)c(C(c2c(O)ccc3ccccc23)N2CCOCC2)c1. The number of nitrogens with zero attached hydrogens (tertiary/aromatic N) is 1. The second-order valence-corrected chi connectivity index (χ2v) is 6.88. The zero-order chi connectivity index (χ0) is 19.5. The van der Waals surface area contributed by atoms with Crippen LogP contribution in [0.3, 0.4) is 0 Å². The van der Waals surface area contributed by atoms with Crippen LogP contribution >= 0.6 is 0 Å². The van der Waals surface area contributed by atoms with Crippen LogP contribution in [-0.4, -0.2) is 50.5 Å². The zero-order valence-electron chi connectivity index (χ0n) is 16.2. The highest BCUT2D eigenvalue weighted by Gasteiger charge is 2.30. The van der Waals surface area contributed by atoms with Gasteiger partial charge in [0.1, 0.15) is 17.2 Å². The number of phenols is 1. The van der Waals surface area contributed by atoms with E-state index in [4.69, 9.17) is 14.2 Å². The summed E-state index contributed by atoms with van der Waals surface area (Å²) in [6.07, 6.45) is 0. The molecule has 0 amide bonds. The lowest BCUT2D eigenvalue weighted by atomic mass is 9.90. The summed E-state index contributed by atoms with van der Waals surface area (Å²) in [5.41, 5.74) is 1.85. The Bertz CT molecular complexity index is 966. The molecule has 1 heterocycles. The Labute approximate surface area is 165 Å². The van der Waals surface area contributed by atoms with Crippen LogP contribution in [-0.2, 0) is 4.74 Å². The molecule has 0 spiro atoms. The Kier molecular flexibility index (Phi) is 5.37. The lowest BCUT2D eigenvalue weighted by Gasteiger charge is -2.36. The molecule has 3 aromatic carbocycles. The van der Waals surface area contributed by atoms with Gasteiger partial charge in [0.2, 0.25) is 0 Å². The second-order valence-electron chi connectivity index (χ2n) is 6.88. The van der Waals surface area contributed by atoms with Crippen LogP contribution in [0.5, 0.6) is 17.2 Å². The molecule has 1 aliphatic rings. The van der Waals surface area contributed by atoms with Gasteiger partial charge in [0, 0.05) is 24.2 Å². The highest BCUT2D eigenvalue weighted by atomic mass is 16.5. The van der Waals surface area contributed by atoms with E-state index in [0.717, 1.165) is 46.5 Å². The summed E-state index contributed by atoms with van der Waals surface area (Å²) in [5, 5.41) is 13.1. The fourth-order valence-corrected chi connectivity index (χ4v) is 4.00. The summed E-state index contributed by atoms with van der Waals surface area (Å²) >= 11 is 0. The van der Waals surface area contributed by atoms with E-state index in [0.29, 0.717) is 13.2 Å². The molecule has 1 saturated heterocycles. The number of benzene rings is 3. The number of phenolic OH excluding ortho intramolecular Hbond substituents is 1. The van der Waals surface area contributed by atoms with Crippen LogP contribution < -0.4 is 9.47 Å². The van der Waals surface area contributed by atoms with E-state index in [1.54, 1.807) is 20.3 Å². The number of hydrogen-bond acceptors (Lipinski definition) is 5. The molecule has 5 nitrogen and oxygen atoms in total. The molecule has 5 heteroatoms. The van der Waals surface area contributed by atoms with Crippen LogP contribution in [0.15, 0.2) is 54.6 Å². The Morgan fingerprint density at radius 3 is 2.50 bits per heavy atom. The number of aromatic hydroxyl groups is 1. The minimum absolute atomic E-state index is 0.181. The summed E-state index contributed by atoms with van der Waals surface area (Å²) in [4.78, 5) is 2.34. The van der Waals surface area contributed by atoms with Gasteiger partial charge in [-0.3, -0.25) is 4.90 Å². The predicted molar refractivity (Wildman–Crippen MR) is 109 cm³/mol. The van der Waals surface area contributed by atoms with Crippen molar-refractivity contribution < 1.29 is 19.3 Å². The Hall–Kier alpha value is -2.76. The summed E-state index contributed by atoms with van der Waals surface area (Å²) < 4.78 is 16.8. The number of hydrogen-bond donors (Lipinski definition) is 1. The third-order valence-corrected chi connectivity index (χ3v) is 5.36. The standard InChI is InChI=1S/C23H25NO4/c1-26-17-8-10-21(27-2)19(15-17)23(24-11-13-28-14-12-24)22-18-6-4-3-5-16(18)7-9-20(22)25/h3-10,15,23,25H,11-14H2,1-2H3. The van der Waals surface area contributed by atoms with Crippen molar-refractivity contribution in [3.05, 3.63) is 65.7 Å². The quantitative estimate of drug-likeness (QED) is 0.727. The van der Waals surface area contributed by atoms with Crippen molar-refractivity contribution >= 4 is 10.8 Å². The molecule has 0 bridgehead atoms. The molecule has 4 rings (SSSR count). The average molecular weight is 379 g/mol. The van der Waals surface area contributed by atoms with Crippen molar-refractivity contribution in [1.29, 1.82) is 0 Å². The number of morpholine rings is 1. The van der Waals surface area contributed by atoms with Crippen LogP contribution in [0.25, 0.3) is 10.8 Å². The molecule has 0 aromatic heterocycles. The van der Waals surface area contributed by atoms with Gasteiger partial charge in [0.15, 0.2) is 0 Å².